The number of benzene rings is 1. The molecule has 1 heterocycles. The summed E-state index contributed by atoms with van der Waals surface area (Å²) in [5, 5.41) is 10.7. The Morgan fingerprint density at radius 2 is 2.20 bits per heavy atom. The average Bonchev–Trinajstić information content (AvgIpc) is 2.16. The summed E-state index contributed by atoms with van der Waals surface area (Å²) in [4.78, 5) is 12.4. The van der Waals surface area contributed by atoms with E-state index >= 15 is 0 Å². The molecule has 0 fully saturated rings. The van der Waals surface area contributed by atoms with E-state index in [1.807, 2.05) is 24.2 Å². The number of fused-ring (bicyclic) bond motifs is 1. The van der Waals surface area contributed by atoms with E-state index < -0.39 is 0 Å². The van der Waals surface area contributed by atoms with E-state index in [0.717, 1.165) is 17.7 Å². The van der Waals surface area contributed by atoms with Crippen molar-refractivity contribution < 1.29 is 4.92 Å². The summed E-state index contributed by atoms with van der Waals surface area (Å²) >= 11 is 0. The normalized spacial score (nSPS) is 13.0. The van der Waals surface area contributed by atoms with Gasteiger partial charge in [-0.3, -0.25) is 10.1 Å². The first-order chi connectivity index (χ1) is 6.68. The molecule has 0 unspecified atom stereocenters. The van der Waals surface area contributed by atoms with Crippen LogP contribution in [0, 0.1) is 10.1 Å². The van der Waals surface area contributed by atoms with Gasteiger partial charge in [-0.25, -0.2) is 0 Å². The highest BCUT2D eigenvalue weighted by atomic mass is 35.5. The highest BCUT2D eigenvalue weighted by Crippen LogP contribution is 2.27. The molecule has 0 aromatic heterocycles. The fraction of sp³-hybridized carbons (Fsp3) is 0.200. The maximum Gasteiger partial charge on any atom is 0.276 e. The van der Waals surface area contributed by atoms with Crippen molar-refractivity contribution in [2.24, 2.45) is 0 Å². The Labute approximate surface area is 93.8 Å². The predicted molar refractivity (Wildman–Crippen MR) is 60.8 cm³/mol. The maximum absolute atomic E-state index is 10.7. The fourth-order valence-corrected chi connectivity index (χ4v) is 1.61. The molecule has 0 saturated carbocycles. The molecule has 1 aliphatic rings. The van der Waals surface area contributed by atoms with E-state index in [-0.39, 0.29) is 23.0 Å². The number of rotatable bonds is 1. The highest BCUT2D eigenvalue weighted by molar-refractivity contribution is 5.85. The van der Waals surface area contributed by atoms with Crippen LogP contribution in [0.2, 0.25) is 0 Å². The van der Waals surface area contributed by atoms with Gasteiger partial charge >= 0.3 is 0 Å². The molecule has 5 heteroatoms. The molecule has 1 aliphatic heterocycles. The summed E-state index contributed by atoms with van der Waals surface area (Å²) in [6.07, 6.45) is 3.65. The number of nitrogens with zero attached hydrogens (tertiary/aromatic N) is 2. The molecule has 0 amide bonds. The Kier molecular flexibility index (Phi) is 3.31. The van der Waals surface area contributed by atoms with Crippen LogP contribution in [0.5, 0.6) is 0 Å². The van der Waals surface area contributed by atoms with Crippen LogP contribution in [0.1, 0.15) is 11.1 Å². The first-order valence-electron chi connectivity index (χ1n) is 4.33. The van der Waals surface area contributed by atoms with Crippen LogP contribution in [0.15, 0.2) is 24.4 Å². The van der Waals surface area contributed by atoms with Crippen LogP contribution in [-0.2, 0) is 6.54 Å². The van der Waals surface area contributed by atoms with Gasteiger partial charge in [0.2, 0.25) is 0 Å². The van der Waals surface area contributed by atoms with Crippen LogP contribution in [0.4, 0.5) is 5.69 Å². The molecule has 1 aromatic rings. The zero-order valence-electron chi connectivity index (χ0n) is 8.21. The minimum absolute atomic E-state index is 0. The number of halogens is 1. The van der Waals surface area contributed by atoms with E-state index in [0.29, 0.717) is 0 Å². The van der Waals surface area contributed by atoms with Crippen LogP contribution < -0.4 is 0 Å². The number of nitro benzene ring substituents is 1. The van der Waals surface area contributed by atoms with Crippen molar-refractivity contribution in [3.63, 3.8) is 0 Å². The second-order valence-corrected chi connectivity index (χ2v) is 3.34. The lowest BCUT2D eigenvalue weighted by Crippen LogP contribution is -2.14. The molecule has 0 radical (unpaired) electrons. The molecule has 0 N–H and O–H groups in total. The van der Waals surface area contributed by atoms with Gasteiger partial charge in [-0.1, -0.05) is 12.1 Å². The van der Waals surface area contributed by atoms with Gasteiger partial charge in [0.15, 0.2) is 0 Å². The first kappa shape index (κ1) is 11.5. The highest BCUT2D eigenvalue weighted by Gasteiger charge is 2.17. The van der Waals surface area contributed by atoms with E-state index in [1.165, 1.54) is 6.07 Å². The Hall–Kier alpha value is -1.55. The SMILES string of the molecule is CN1C=Cc2c(cccc2[N+](=O)[O-])C1.Cl. The number of hydrogen-bond acceptors (Lipinski definition) is 3. The van der Waals surface area contributed by atoms with E-state index in [2.05, 4.69) is 0 Å². The van der Waals surface area contributed by atoms with Gasteiger partial charge in [-0.15, -0.1) is 12.4 Å². The molecule has 15 heavy (non-hydrogen) atoms. The summed E-state index contributed by atoms with van der Waals surface area (Å²) in [5.74, 6) is 0. The quantitative estimate of drug-likeness (QED) is 0.546. The van der Waals surface area contributed by atoms with Crippen molar-refractivity contribution >= 4 is 24.2 Å². The van der Waals surface area contributed by atoms with Crippen LogP contribution >= 0.6 is 12.4 Å². The molecule has 0 spiro atoms. The number of hydrogen-bond donors (Lipinski definition) is 0. The Morgan fingerprint density at radius 3 is 2.87 bits per heavy atom. The molecule has 0 aliphatic carbocycles. The second kappa shape index (κ2) is 4.31. The Morgan fingerprint density at radius 1 is 1.47 bits per heavy atom. The van der Waals surface area contributed by atoms with Crippen LogP contribution in [0.25, 0.3) is 6.08 Å². The summed E-state index contributed by atoms with van der Waals surface area (Å²) in [5.41, 5.74) is 1.92. The smallest absolute Gasteiger partial charge is 0.276 e. The van der Waals surface area contributed by atoms with E-state index in [1.54, 1.807) is 12.1 Å². The van der Waals surface area contributed by atoms with Crippen molar-refractivity contribution in [3.8, 4) is 0 Å². The topological polar surface area (TPSA) is 46.4 Å². The fourth-order valence-electron chi connectivity index (χ4n) is 1.61. The molecular weight excluding hydrogens is 216 g/mol. The first-order valence-corrected chi connectivity index (χ1v) is 4.33. The van der Waals surface area contributed by atoms with Gasteiger partial charge in [0, 0.05) is 19.7 Å². The molecule has 2 rings (SSSR count). The van der Waals surface area contributed by atoms with Gasteiger partial charge in [0.05, 0.1) is 10.5 Å². The molecule has 4 nitrogen and oxygen atoms in total. The van der Waals surface area contributed by atoms with Crippen LogP contribution in [0.3, 0.4) is 0 Å². The monoisotopic (exact) mass is 226 g/mol. The molecule has 0 atom stereocenters. The van der Waals surface area contributed by atoms with Gasteiger partial charge in [0.25, 0.3) is 5.69 Å². The van der Waals surface area contributed by atoms with Crippen molar-refractivity contribution in [1.82, 2.24) is 4.90 Å². The predicted octanol–water partition coefficient (Wildman–Crippen LogP) is 2.43. The molecule has 0 saturated heterocycles. The molecule has 0 bridgehead atoms. The van der Waals surface area contributed by atoms with Crippen molar-refractivity contribution in [3.05, 3.63) is 45.6 Å². The maximum atomic E-state index is 10.7. The lowest BCUT2D eigenvalue weighted by molar-refractivity contribution is -0.385. The molecule has 80 valence electrons. The largest absolute Gasteiger partial charge is 0.376 e. The van der Waals surface area contributed by atoms with E-state index in [9.17, 15) is 10.1 Å². The third kappa shape index (κ3) is 2.10. The van der Waals surface area contributed by atoms with Gasteiger partial charge in [-0.2, -0.15) is 0 Å². The lowest BCUT2D eigenvalue weighted by atomic mass is 10.0. The van der Waals surface area contributed by atoms with Crippen LogP contribution in [-0.4, -0.2) is 16.9 Å². The third-order valence-corrected chi connectivity index (χ3v) is 2.29. The summed E-state index contributed by atoms with van der Waals surface area (Å²) in [7, 11) is 1.94. The lowest BCUT2D eigenvalue weighted by Gasteiger charge is -2.20. The third-order valence-electron chi connectivity index (χ3n) is 2.29. The average molecular weight is 227 g/mol. The van der Waals surface area contributed by atoms with E-state index in [4.69, 9.17) is 0 Å². The molecular formula is C10H11ClN2O2. The van der Waals surface area contributed by atoms with Gasteiger partial charge in [0.1, 0.15) is 0 Å². The zero-order valence-corrected chi connectivity index (χ0v) is 9.03. The second-order valence-electron chi connectivity index (χ2n) is 3.34. The number of nitro groups is 1. The molecule has 1 aromatic carbocycles. The minimum atomic E-state index is -0.339. The van der Waals surface area contributed by atoms with Crippen molar-refractivity contribution in [2.75, 3.05) is 7.05 Å². The minimum Gasteiger partial charge on any atom is -0.376 e. The van der Waals surface area contributed by atoms with Crippen molar-refractivity contribution in [2.45, 2.75) is 6.54 Å². The zero-order chi connectivity index (χ0) is 10.1. The summed E-state index contributed by atoms with van der Waals surface area (Å²) in [6.45, 7) is 0.730. The van der Waals surface area contributed by atoms with Gasteiger partial charge in [-0.05, 0) is 17.8 Å². The van der Waals surface area contributed by atoms with Gasteiger partial charge < -0.3 is 4.90 Å². The Balaban J connectivity index is 0.00000112. The van der Waals surface area contributed by atoms with Crippen molar-refractivity contribution in [1.29, 1.82) is 0 Å². The summed E-state index contributed by atoms with van der Waals surface area (Å²) < 4.78 is 0. The Bertz CT molecular complexity index is 418. The standard InChI is InChI=1S/C10H10N2O2.ClH/c1-11-6-5-9-8(7-11)3-2-4-10(9)12(13)14;/h2-6H,7H2,1H3;1H. The summed E-state index contributed by atoms with van der Waals surface area (Å²) in [6, 6.07) is 5.18.